The number of aryl methyl sites for hydroxylation is 1. The van der Waals surface area contributed by atoms with Crippen molar-refractivity contribution in [2.75, 3.05) is 11.1 Å². The van der Waals surface area contributed by atoms with E-state index in [1.54, 1.807) is 0 Å². The standard InChI is InChI=1S/C24H21N3O2S/c1-17-9-5-7-13-20(17)23-26-27-24(29-23)30-16-22(28)25-21-14-8-6-12-19(21)15-18-10-3-2-4-11-18/h2-14H,15-16H2,1H3,(H,25,28). The fourth-order valence-corrected chi connectivity index (χ4v) is 3.68. The predicted octanol–water partition coefficient (Wildman–Crippen LogP) is 5.37. The van der Waals surface area contributed by atoms with E-state index in [0.29, 0.717) is 11.1 Å². The third kappa shape index (κ3) is 4.96. The highest BCUT2D eigenvalue weighted by Gasteiger charge is 2.13. The summed E-state index contributed by atoms with van der Waals surface area (Å²) >= 11 is 1.23. The van der Waals surface area contributed by atoms with Gasteiger partial charge >= 0.3 is 0 Å². The molecule has 1 aromatic heterocycles. The average Bonchev–Trinajstić information content (AvgIpc) is 3.24. The van der Waals surface area contributed by atoms with Crippen LogP contribution in [-0.4, -0.2) is 21.9 Å². The summed E-state index contributed by atoms with van der Waals surface area (Å²) in [6.45, 7) is 1.99. The van der Waals surface area contributed by atoms with E-state index >= 15 is 0 Å². The van der Waals surface area contributed by atoms with Gasteiger partial charge in [0.2, 0.25) is 11.8 Å². The number of anilines is 1. The van der Waals surface area contributed by atoms with Crippen LogP contribution in [0.3, 0.4) is 0 Å². The molecule has 0 aliphatic rings. The summed E-state index contributed by atoms with van der Waals surface area (Å²) in [5, 5.41) is 11.5. The number of nitrogens with zero attached hydrogens (tertiary/aromatic N) is 2. The molecule has 3 aromatic carbocycles. The maximum absolute atomic E-state index is 12.5. The minimum Gasteiger partial charge on any atom is -0.411 e. The Morgan fingerprint density at radius 2 is 1.67 bits per heavy atom. The molecule has 6 heteroatoms. The number of aromatic nitrogens is 2. The number of carbonyl (C=O) groups excluding carboxylic acids is 1. The van der Waals surface area contributed by atoms with Crippen LogP contribution in [0.25, 0.3) is 11.5 Å². The van der Waals surface area contributed by atoms with Gasteiger partial charge in [-0.15, -0.1) is 10.2 Å². The van der Waals surface area contributed by atoms with Crippen molar-refractivity contribution in [2.24, 2.45) is 0 Å². The molecule has 5 nitrogen and oxygen atoms in total. The van der Waals surface area contributed by atoms with Gasteiger partial charge in [-0.05, 0) is 42.2 Å². The minimum atomic E-state index is -0.115. The molecule has 0 bridgehead atoms. The molecule has 0 aliphatic heterocycles. The molecule has 0 atom stereocenters. The van der Waals surface area contributed by atoms with Crippen molar-refractivity contribution in [3.05, 3.63) is 95.6 Å². The van der Waals surface area contributed by atoms with Crippen molar-refractivity contribution in [1.82, 2.24) is 10.2 Å². The van der Waals surface area contributed by atoms with Crippen molar-refractivity contribution in [1.29, 1.82) is 0 Å². The van der Waals surface area contributed by atoms with E-state index in [9.17, 15) is 4.79 Å². The summed E-state index contributed by atoms with van der Waals surface area (Å²) in [5.74, 6) is 0.537. The van der Waals surface area contributed by atoms with Crippen LogP contribution in [0.4, 0.5) is 5.69 Å². The molecule has 0 unspecified atom stereocenters. The molecule has 30 heavy (non-hydrogen) atoms. The van der Waals surface area contributed by atoms with Gasteiger partial charge in [0.05, 0.1) is 5.75 Å². The second-order valence-corrected chi connectivity index (χ2v) is 7.77. The number of hydrogen-bond donors (Lipinski definition) is 1. The average molecular weight is 416 g/mol. The molecule has 0 saturated carbocycles. The van der Waals surface area contributed by atoms with E-state index in [1.807, 2.05) is 73.7 Å². The SMILES string of the molecule is Cc1ccccc1-c1nnc(SCC(=O)Nc2ccccc2Cc2ccccc2)o1. The number of amides is 1. The van der Waals surface area contributed by atoms with E-state index in [4.69, 9.17) is 4.42 Å². The van der Waals surface area contributed by atoms with E-state index < -0.39 is 0 Å². The van der Waals surface area contributed by atoms with E-state index in [0.717, 1.165) is 28.8 Å². The highest BCUT2D eigenvalue weighted by atomic mass is 32.2. The molecule has 150 valence electrons. The molecular weight excluding hydrogens is 394 g/mol. The number of nitrogens with one attached hydrogen (secondary N) is 1. The Morgan fingerprint density at radius 1 is 0.933 bits per heavy atom. The maximum Gasteiger partial charge on any atom is 0.277 e. The molecular formula is C24H21N3O2S. The van der Waals surface area contributed by atoms with Gasteiger partial charge in [-0.3, -0.25) is 4.79 Å². The molecule has 4 aromatic rings. The van der Waals surface area contributed by atoms with Crippen LogP contribution >= 0.6 is 11.8 Å². The topological polar surface area (TPSA) is 68.0 Å². The van der Waals surface area contributed by atoms with Gasteiger partial charge in [0.25, 0.3) is 5.22 Å². The van der Waals surface area contributed by atoms with E-state index in [2.05, 4.69) is 27.6 Å². The Labute approximate surface area is 179 Å². The lowest BCUT2D eigenvalue weighted by atomic mass is 10.0. The lowest BCUT2D eigenvalue weighted by Gasteiger charge is -2.11. The van der Waals surface area contributed by atoms with Gasteiger partial charge < -0.3 is 9.73 Å². The molecule has 1 amide bonds. The van der Waals surface area contributed by atoms with Crippen molar-refractivity contribution in [2.45, 2.75) is 18.6 Å². The zero-order valence-corrected chi connectivity index (χ0v) is 17.4. The summed E-state index contributed by atoms with van der Waals surface area (Å²) < 4.78 is 5.71. The minimum absolute atomic E-state index is 0.115. The second-order valence-electron chi connectivity index (χ2n) is 6.84. The Morgan fingerprint density at radius 3 is 2.50 bits per heavy atom. The first-order valence-corrected chi connectivity index (χ1v) is 10.6. The van der Waals surface area contributed by atoms with Crippen LogP contribution in [-0.2, 0) is 11.2 Å². The summed E-state index contributed by atoms with van der Waals surface area (Å²) in [6, 6.07) is 25.9. The molecule has 0 saturated heterocycles. The Hall–Kier alpha value is -3.38. The quantitative estimate of drug-likeness (QED) is 0.411. The molecule has 1 N–H and O–H groups in total. The van der Waals surface area contributed by atoms with Gasteiger partial charge in [0, 0.05) is 11.3 Å². The van der Waals surface area contributed by atoms with Crippen LogP contribution < -0.4 is 5.32 Å². The van der Waals surface area contributed by atoms with Crippen LogP contribution in [0.15, 0.2) is 88.5 Å². The summed E-state index contributed by atoms with van der Waals surface area (Å²) in [4.78, 5) is 12.5. The molecule has 1 heterocycles. The van der Waals surface area contributed by atoms with Crippen molar-refractivity contribution >= 4 is 23.4 Å². The second kappa shape index (κ2) is 9.41. The van der Waals surface area contributed by atoms with Crippen LogP contribution in [0, 0.1) is 6.92 Å². The van der Waals surface area contributed by atoms with Crippen LogP contribution in [0.5, 0.6) is 0 Å². The number of thioether (sulfide) groups is 1. The number of para-hydroxylation sites is 1. The Bertz CT molecular complexity index is 1140. The Kier molecular flexibility index (Phi) is 6.25. The molecule has 0 fully saturated rings. The van der Waals surface area contributed by atoms with Gasteiger partial charge in [-0.1, -0.05) is 78.5 Å². The smallest absolute Gasteiger partial charge is 0.277 e. The van der Waals surface area contributed by atoms with Gasteiger partial charge in [-0.25, -0.2) is 0 Å². The summed E-state index contributed by atoms with van der Waals surface area (Å²) in [7, 11) is 0. The zero-order chi connectivity index (χ0) is 20.8. The highest BCUT2D eigenvalue weighted by Crippen LogP contribution is 2.26. The van der Waals surface area contributed by atoms with Crippen molar-refractivity contribution < 1.29 is 9.21 Å². The first-order valence-electron chi connectivity index (χ1n) is 9.63. The van der Waals surface area contributed by atoms with Crippen LogP contribution in [0.2, 0.25) is 0 Å². The number of benzene rings is 3. The van der Waals surface area contributed by atoms with E-state index in [1.165, 1.54) is 17.3 Å². The van der Waals surface area contributed by atoms with Gasteiger partial charge in [-0.2, -0.15) is 0 Å². The molecule has 0 aliphatic carbocycles. The lowest BCUT2D eigenvalue weighted by Crippen LogP contribution is -2.15. The lowest BCUT2D eigenvalue weighted by molar-refractivity contribution is -0.113. The molecule has 0 radical (unpaired) electrons. The predicted molar refractivity (Wildman–Crippen MR) is 120 cm³/mol. The normalized spacial score (nSPS) is 10.7. The van der Waals surface area contributed by atoms with Gasteiger partial charge in [0.15, 0.2) is 0 Å². The summed E-state index contributed by atoms with van der Waals surface area (Å²) in [6.07, 6.45) is 0.758. The molecule has 4 rings (SSSR count). The van der Waals surface area contributed by atoms with Crippen molar-refractivity contribution in [3.8, 4) is 11.5 Å². The third-order valence-electron chi connectivity index (χ3n) is 4.64. The fourth-order valence-electron chi connectivity index (χ4n) is 3.12. The zero-order valence-electron chi connectivity index (χ0n) is 16.5. The van der Waals surface area contributed by atoms with Crippen LogP contribution in [0.1, 0.15) is 16.7 Å². The third-order valence-corrected chi connectivity index (χ3v) is 5.46. The number of rotatable bonds is 7. The highest BCUT2D eigenvalue weighted by molar-refractivity contribution is 7.99. The monoisotopic (exact) mass is 415 g/mol. The Balaban J connectivity index is 1.38. The summed E-state index contributed by atoms with van der Waals surface area (Å²) in [5.41, 5.74) is 5.05. The number of carbonyl (C=O) groups is 1. The first kappa shape index (κ1) is 19.9. The van der Waals surface area contributed by atoms with E-state index in [-0.39, 0.29) is 11.7 Å². The first-order chi connectivity index (χ1) is 14.7. The maximum atomic E-state index is 12.5. The largest absolute Gasteiger partial charge is 0.411 e. The molecule has 0 spiro atoms. The van der Waals surface area contributed by atoms with Gasteiger partial charge in [0.1, 0.15) is 0 Å². The van der Waals surface area contributed by atoms with Crippen molar-refractivity contribution in [3.63, 3.8) is 0 Å². The fraction of sp³-hybridized carbons (Fsp3) is 0.125. The number of hydrogen-bond acceptors (Lipinski definition) is 5.